The van der Waals surface area contributed by atoms with Crippen molar-refractivity contribution < 1.29 is 9.90 Å². The first-order valence-corrected chi connectivity index (χ1v) is 7.91. The van der Waals surface area contributed by atoms with Gasteiger partial charge in [0.1, 0.15) is 0 Å². The van der Waals surface area contributed by atoms with Crippen molar-refractivity contribution >= 4 is 35.2 Å². The number of hydrogen-bond donors (Lipinski definition) is 2. The Morgan fingerprint density at radius 2 is 2.10 bits per heavy atom. The zero-order valence-electron chi connectivity index (χ0n) is 11.7. The fraction of sp³-hybridized carbons (Fsp3) is 0.438. The molecule has 0 aromatic heterocycles. The maximum Gasteiger partial charge on any atom is 0.244 e. The summed E-state index contributed by atoms with van der Waals surface area (Å²) >= 11 is 12.0. The minimum atomic E-state index is -0.301. The summed E-state index contributed by atoms with van der Waals surface area (Å²) in [4.78, 5) is 11.8. The zero-order chi connectivity index (χ0) is 15.2. The van der Waals surface area contributed by atoms with Crippen molar-refractivity contribution in [2.75, 3.05) is 6.54 Å². The van der Waals surface area contributed by atoms with Gasteiger partial charge in [-0.15, -0.1) is 0 Å². The Balaban J connectivity index is 1.86. The second-order valence-corrected chi connectivity index (χ2v) is 6.12. The molecule has 0 spiro atoms. The molecule has 2 rings (SSSR count). The maximum absolute atomic E-state index is 11.8. The van der Waals surface area contributed by atoms with Gasteiger partial charge in [-0.05, 0) is 30.5 Å². The van der Waals surface area contributed by atoms with E-state index in [1.54, 1.807) is 24.3 Å². The fourth-order valence-electron chi connectivity index (χ4n) is 2.53. The number of rotatable bonds is 4. The number of amides is 1. The van der Waals surface area contributed by atoms with Crippen molar-refractivity contribution in [3.63, 3.8) is 0 Å². The van der Waals surface area contributed by atoms with Crippen LogP contribution in [0.15, 0.2) is 24.3 Å². The quantitative estimate of drug-likeness (QED) is 0.829. The molecule has 2 atom stereocenters. The Morgan fingerprint density at radius 3 is 2.86 bits per heavy atom. The largest absolute Gasteiger partial charge is 0.393 e. The summed E-state index contributed by atoms with van der Waals surface area (Å²) in [6, 6.07) is 5.28. The first kappa shape index (κ1) is 16.3. The van der Waals surface area contributed by atoms with E-state index < -0.39 is 0 Å². The molecule has 1 aliphatic rings. The molecular weight excluding hydrogens is 309 g/mol. The Labute approximate surface area is 134 Å². The van der Waals surface area contributed by atoms with E-state index in [1.807, 2.05) is 0 Å². The van der Waals surface area contributed by atoms with Crippen LogP contribution in [0.5, 0.6) is 0 Å². The van der Waals surface area contributed by atoms with Crippen molar-refractivity contribution in [3.8, 4) is 0 Å². The van der Waals surface area contributed by atoms with E-state index >= 15 is 0 Å². The highest BCUT2D eigenvalue weighted by molar-refractivity contribution is 6.42. The summed E-state index contributed by atoms with van der Waals surface area (Å²) in [5, 5.41) is 13.6. The predicted octanol–water partition coefficient (Wildman–Crippen LogP) is 3.67. The molecule has 0 radical (unpaired) electrons. The molecule has 0 bridgehead atoms. The first-order chi connectivity index (χ1) is 10.1. The molecular formula is C16H19Cl2NO2. The van der Waals surface area contributed by atoms with Crippen LogP contribution in [0, 0.1) is 5.92 Å². The monoisotopic (exact) mass is 327 g/mol. The van der Waals surface area contributed by atoms with Gasteiger partial charge in [-0.2, -0.15) is 0 Å². The van der Waals surface area contributed by atoms with E-state index in [4.69, 9.17) is 23.2 Å². The van der Waals surface area contributed by atoms with Crippen molar-refractivity contribution in [1.82, 2.24) is 5.32 Å². The number of benzene rings is 1. The third-order valence-electron chi connectivity index (χ3n) is 3.80. The molecule has 114 valence electrons. The van der Waals surface area contributed by atoms with Gasteiger partial charge in [0.2, 0.25) is 5.91 Å². The molecule has 5 heteroatoms. The van der Waals surface area contributed by atoms with Gasteiger partial charge in [0.25, 0.3) is 0 Å². The number of halogens is 2. The van der Waals surface area contributed by atoms with Crippen LogP contribution in [0.1, 0.15) is 31.2 Å². The minimum Gasteiger partial charge on any atom is -0.393 e. The lowest BCUT2D eigenvalue weighted by Crippen LogP contribution is -2.36. The minimum absolute atomic E-state index is 0.158. The molecule has 1 aromatic carbocycles. The SMILES string of the molecule is O=C(C=Cc1cccc(Cl)c1Cl)NCC1CCCCC1O. The summed E-state index contributed by atoms with van der Waals surface area (Å²) in [7, 11) is 0. The van der Waals surface area contributed by atoms with Gasteiger partial charge in [0.15, 0.2) is 0 Å². The smallest absolute Gasteiger partial charge is 0.244 e. The molecule has 1 aromatic rings. The lowest BCUT2D eigenvalue weighted by atomic mass is 9.86. The van der Waals surface area contributed by atoms with E-state index in [2.05, 4.69) is 5.32 Å². The van der Waals surface area contributed by atoms with Crippen LogP contribution in [0.2, 0.25) is 10.0 Å². The highest BCUT2D eigenvalue weighted by atomic mass is 35.5. The third-order valence-corrected chi connectivity index (χ3v) is 4.64. The van der Waals surface area contributed by atoms with Crippen LogP contribution in [-0.2, 0) is 4.79 Å². The first-order valence-electron chi connectivity index (χ1n) is 7.16. The highest BCUT2D eigenvalue weighted by Gasteiger charge is 2.22. The summed E-state index contributed by atoms with van der Waals surface area (Å²) in [5.74, 6) is -0.0327. The Hall–Kier alpha value is -1.03. The highest BCUT2D eigenvalue weighted by Crippen LogP contribution is 2.26. The Kier molecular flexibility index (Phi) is 6.09. The van der Waals surface area contributed by atoms with Crippen LogP contribution in [-0.4, -0.2) is 23.7 Å². The standard InChI is InChI=1S/C16H19Cl2NO2/c17-13-6-3-5-11(16(13)18)8-9-15(21)19-10-12-4-1-2-7-14(12)20/h3,5-6,8-9,12,14,20H,1-2,4,7,10H2,(H,19,21). The summed E-state index contributed by atoms with van der Waals surface area (Å²) < 4.78 is 0. The van der Waals surface area contributed by atoms with E-state index in [0.29, 0.717) is 22.2 Å². The van der Waals surface area contributed by atoms with Crippen LogP contribution >= 0.6 is 23.2 Å². The number of hydrogen-bond acceptors (Lipinski definition) is 2. The van der Waals surface area contributed by atoms with E-state index in [-0.39, 0.29) is 17.9 Å². The fourth-order valence-corrected chi connectivity index (χ4v) is 2.90. The average molecular weight is 328 g/mol. The number of nitrogens with one attached hydrogen (secondary N) is 1. The molecule has 0 heterocycles. The number of carbonyl (C=O) groups excluding carboxylic acids is 1. The van der Waals surface area contributed by atoms with Gasteiger partial charge in [-0.1, -0.05) is 48.2 Å². The second-order valence-electron chi connectivity index (χ2n) is 5.33. The van der Waals surface area contributed by atoms with Gasteiger partial charge < -0.3 is 10.4 Å². The number of aliphatic hydroxyl groups is 1. The third kappa shape index (κ3) is 4.73. The Morgan fingerprint density at radius 1 is 1.33 bits per heavy atom. The zero-order valence-corrected chi connectivity index (χ0v) is 13.2. The van der Waals surface area contributed by atoms with Crippen LogP contribution in [0.4, 0.5) is 0 Å². The van der Waals surface area contributed by atoms with Gasteiger partial charge in [0.05, 0.1) is 16.1 Å². The van der Waals surface area contributed by atoms with Gasteiger partial charge >= 0.3 is 0 Å². The van der Waals surface area contributed by atoms with Crippen LogP contribution in [0.25, 0.3) is 6.08 Å². The summed E-state index contributed by atoms with van der Waals surface area (Å²) in [6.45, 7) is 0.508. The van der Waals surface area contributed by atoms with E-state index in [9.17, 15) is 9.90 Å². The molecule has 1 amide bonds. The molecule has 0 aliphatic heterocycles. The summed E-state index contributed by atoms with van der Waals surface area (Å²) in [5.41, 5.74) is 0.706. The van der Waals surface area contributed by atoms with Crippen molar-refractivity contribution in [2.45, 2.75) is 31.8 Å². The lowest BCUT2D eigenvalue weighted by molar-refractivity contribution is -0.116. The topological polar surface area (TPSA) is 49.3 Å². The van der Waals surface area contributed by atoms with Gasteiger partial charge in [-0.3, -0.25) is 4.79 Å². The van der Waals surface area contributed by atoms with Crippen LogP contribution in [0.3, 0.4) is 0 Å². The molecule has 1 fully saturated rings. The van der Waals surface area contributed by atoms with E-state index in [1.165, 1.54) is 6.08 Å². The number of aliphatic hydroxyl groups excluding tert-OH is 1. The van der Waals surface area contributed by atoms with Crippen LogP contribution < -0.4 is 5.32 Å². The molecule has 2 unspecified atom stereocenters. The molecule has 3 nitrogen and oxygen atoms in total. The second kappa shape index (κ2) is 7.83. The van der Waals surface area contributed by atoms with Crippen molar-refractivity contribution in [1.29, 1.82) is 0 Å². The molecule has 2 N–H and O–H groups in total. The average Bonchev–Trinajstić information content (AvgIpc) is 2.48. The van der Waals surface area contributed by atoms with Crippen molar-refractivity contribution in [2.24, 2.45) is 5.92 Å². The Bertz CT molecular complexity index is 531. The normalized spacial score (nSPS) is 22.4. The van der Waals surface area contributed by atoms with Gasteiger partial charge in [-0.25, -0.2) is 0 Å². The number of carbonyl (C=O) groups is 1. The molecule has 21 heavy (non-hydrogen) atoms. The van der Waals surface area contributed by atoms with E-state index in [0.717, 1.165) is 25.7 Å². The maximum atomic E-state index is 11.8. The molecule has 0 saturated heterocycles. The predicted molar refractivity (Wildman–Crippen MR) is 86.5 cm³/mol. The lowest BCUT2D eigenvalue weighted by Gasteiger charge is -2.27. The molecule has 1 saturated carbocycles. The summed E-state index contributed by atoms with van der Waals surface area (Å²) in [6.07, 6.45) is 6.75. The van der Waals surface area contributed by atoms with Crippen molar-refractivity contribution in [3.05, 3.63) is 39.9 Å². The van der Waals surface area contributed by atoms with Gasteiger partial charge in [0, 0.05) is 18.5 Å². The molecule has 1 aliphatic carbocycles.